The minimum absolute atomic E-state index is 0.0930. The third-order valence-corrected chi connectivity index (χ3v) is 6.90. The molecule has 6 heteroatoms. The van der Waals surface area contributed by atoms with E-state index < -0.39 is 6.04 Å². The summed E-state index contributed by atoms with van der Waals surface area (Å²) in [6.45, 7) is 3.99. The molecule has 5 nitrogen and oxygen atoms in total. The van der Waals surface area contributed by atoms with Gasteiger partial charge in [-0.15, -0.1) is 11.3 Å². The maximum absolute atomic E-state index is 13.8. The Labute approximate surface area is 193 Å². The average molecular weight is 448 g/mol. The normalized spacial score (nSPS) is 14.8. The van der Waals surface area contributed by atoms with Crippen molar-refractivity contribution in [2.24, 2.45) is 0 Å². The summed E-state index contributed by atoms with van der Waals surface area (Å²) in [4.78, 5) is 34.3. The molecule has 1 fully saturated rings. The highest BCUT2D eigenvalue weighted by molar-refractivity contribution is 7.10. The zero-order valence-electron chi connectivity index (χ0n) is 18.6. The van der Waals surface area contributed by atoms with E-state index in [9.17, 15) is 9.59 Å². The van der Waals surface area contributed by atoms with Gasteiger partial charge in [0, 0.05) is 29.0 Å². The molecule has 32 heavy (non-hydrogen) atoms. The zero-order valence-corrected chi connectivity index (χ0v) is 19.4. The Bertz CT molecular complexity index is 1060. The SMILES string of the molecule is Cc1ccc(C)c(N(C(=O)Cc2cccs2)C(C(=O)NC2CCCC2)c2ccncc2)c1. The van der Waals surface area contributed by atoms with Gasteiger partial charge in [0.25, 0.3) is 0 Å². The Balaban J connectivity index is 1.78. The van der Waals surface area contributed by atoms with Gasteiger partial charge in [-0.3, -0.25) is 19.5 Å². The number of hydrogen-bond acceptors (Lipinski definition) is 4. The predicted molar refractivity (Wildman–Crippen MR) is 129 cm³/mol. The first-order valence-corrected chi connectivity index (χ1v) is 12.0. The lowest BCUT2D eigenvalue weighted by Gasteiger charge is -2.33. The molecule has 2 aromatic heterocycles. The van der Waals surface area contributed by atoms with Crippen LogP contribution < -0.4 is 10.2 Å². The Kier molecular flexibility index (Phi) is 7.00. The number of aryl methyl sites for hydroxylation is 2. The van der Waals surface area contributed by atoms with Crippen molar-refractivity contribution in [3.8, 4) is 0 Å². The predicted octanol–water partition coefficient (Wildman–Crippen LogP) is 5.14. The second kappa shape index (κ2) is 10.1. The molecule has 1 saturated carbocycles. The summed E-state index contributed by atoms with van der Waals surface area (Å²) in [5.74, 6) is -0.229. The first-order chi connectivity index (χ1) is 15.5. The summed E-state index contributed by atoms with van der Waals surface area (Å²) in [7, 11) is 0. The van der Waals surface area contributed by atoms with Gasteiger partial charge < -0.3 is 5.32 Å². The van der Waals surface area contributed by atoms with Crippen LogP contribution in [0.25, 0.3) is 0 Å². The highest BCUT2D eigenvalue weighted by atomic mass is 32.1. The summed E-state index contributed by atoms with van der Waals surface area (Å²) in [6.07, 6.45) is 7.84. The van der Waals surface area contributed by atoms with Crippen molar-refractivity contribution in [2.45, 2.75) is 58.0 Å². The number of nitrogens with zero attached hydrogens (tertiary/aromatic N) is 2. The van der Waals surface area contributed by atoms with E-state index >= 15 is 0 Å². The van der Waals surface area contributed by atoms with E-state index in [0.29, 0.717) is 0 Å². The number of aromatic nitrogens is 1. The van der Waals surface area contributed by atoms with Crippen molar-refractivity contribution in [3.05, 3.63) is 81.8 Å². The molecule has 0 spiro atoms. The van der Waals surface area contributed by atoms with Crippen molar-refractivity contribution in [3.63, 3.8) is 0 Å². The molecule has 0 bridgehead atoms. The highest BCUT2D eigenvalue weighted by Crippen LogP contribution is 2.33. The maximum Gasteiger partial charge on any atom is 0.248 e. The molecule has 1 N–H and O–H groups in total. The van der Waals surface area contributed by atoms with Gasteiger partial charge in [0.05, 0.1) is 6.42 Å². The summed E-state index contributed by atoms with van der Waals surface area (Å²) >= 11 is 1.56. The van der Waals surface area contributed by atoms with Gasteiger partial charge in [-0.2, -0.15) is 0 Å². The van der Waals surface area contributed by atoms with Crippen molar-refractivity contribution in [1.29, 1.82) is 0 Å². The van der Waals surface area contributed by atoms with Crippen LogP contribution in [-0.2, 0) is 16.0 Å². The number of carbonyl (C=O) groups excluding carboxylic acids is 2. The van der Waals surface area contributed by atoms with Gasteiger partial charge in [0.1, 0.15) is 6.04 Å². The van der Waals surface area contributed by atoms with Crippen LogP contribution in [0.5, 0.6) is 0 Å². The fraction of sp³-hybridized carbons (Fsp3) is 0.346. The third kappa shape index (κ3) is 5.07. The molecule has 3 aromatic rings. The molecule has 4 rings (SSSR count). The lowest BCUT2D eigenvalue weighted by molar-refractivity contribution is -0.127. The Morgan fingerprint density at radius 1 is 1.12 bits per heavy atom. The molecule has 2 heterocycles. The molecule has 166 valence electrons. The number of amides is 2. The molecule has 1 aromatic carbocycles. The van der Waals surface area contributed by atoms with Gasteiger partial charge in [-0.25, -0.2) is 0 Å². The lowest BCUT2D eigenvalue weighted by atomic mass is 10.0. The Morgan fingerprint density at radius 2 is 1.88 bits per heavy atom. The number of nitrogens with one attached hydrogen (secondary N) is 1. The van der Waals surface area contributed by atoms with Gasteiger partial charge in [0.2, 0.25) is 11.8 Å². The van der Waals surface area contributed by atoms with Crippen LogP contribution in [0.4, 0.5) is 5.69 Å². The molecule has 1 aliphatic carbocycles. The number of thiophene rings is 1. The third-order valence-electron chi connectivity index (χ3n) is 6.03. The monoisotopic (exact) mass is 447 g/mol. The number of carbonyl (C=O) groups is 2. The van der Waals surface area contributed by atoms with Crippen LogP contribution in [0.1, 0.15) is 53.3 Å². The van der Waals surface area contributed by atoms with Crippen LogP contribution >= 0.6 is 11.3 Å². The van der Waals surface area contributed by atoms with E-state index in [-0.39, 0.29) is 24.3 Å². The van der Waals surface area contributed by atoms with Gasteiger partial charge >= 0.3 is 0 Å². The quantitative estimate of drug-likeness (QED) is 0.546. The molecule has 0 radical (unpaired) electrons. The molecule has 0 aliphatic heterocycles. The standard InChI is InChI=1S/C26H29N3O2S/c1-18-9-10-19(2)23(16-18)29(24(30)17-22-8-5-15-32-22)25(20-11-13-27-14-12-20)26(31)28-21-6-3-4-7-21/h5,8-16,21,25H,3-4,6-7,17H2,1-2H3,(H,28,31). The van der Waals surface area contributed by atoms with E-state index in [1.165, 1.54) is 0 Å². The van der Waals surface area contributed by atoms with E-state index in [4.69, 9.17) is 0 Å². The lowest BCUT2D eigenvalue weighted by Crippen LogP contribution is -2.47. The smallest absolute Gasteiger partial charge is 0.248 e. The number of rotatable bonds is 7. The summed E-state index contributed by atoms with van der Waals surface area (Å²) < 4.78 is 0. The molecule has 1 atom stereocenters. The van der Waals surface area contributed by atoms with Crippen LogP contribution in [0.3, 0.4) is 0 Å². The number of anilines is 1. The van der Waals surface area contributed by atoms with Crippen LogP contribution in [0.15, 0.2) is 60.2 Å². The Morgan fingerprint density at radius 3 is 2.56 bits per heavy atom. The van der Waals surface area contributed by atoms with Gasteiger partial charge in [-0.05, 0) is 73.0 Å². The van der Waals surface area contributed by atoms with Crippen molar-refractivity contribution in [2.75, 3.05) is 4.90 Å². The van der Waals surface area contributed by atoms with Gasteiger partial charge in [0.15, 0.2) is 0 Å². The molecule has 1 aliphatic rings. The highest BCUT2D eigenvalue weighted by Gasteiger charge is 2.35. The topological polar surface area (TPSA) is 62.3 Å². The van der Waals surface area contributed by atoms with Crippen molar-refractivity contribution < 1.29 is 9.59 Å². The van der Waals surface area contributed by atoms with Crippen LogP contribution in [0, 0.1) is 13.8 Å². The van der Waals surface area contributed by atoms with E-state index in [1.54, 1.807) is 28.6 Å². The first-order valence-electron chi connectivity index (χ1n) is 11.1. The second-order valence-corrected chi connectivity index (χ2v) is 9.52. The average Bonchev–Trinajstić information content (AvgIpc) is 3.48. The second-order valence-electron chi connectivity index (χ2n) is 8.48. The fourth-order valence-electron chi connectivity index (χ4n) is 4.36. The van der Waals surface area contributed by atoms with Gasteiger partial charge in [-0.1, -0.05) is 31.0 Å². The largest absolute Gasteiger partial charge is 0.351 e. The molecule has 0 saturated heterocycles. The molecular weight excluding hydrogens is 418 g/mol. The molecular formula is C26H29N3O2S. The van der Waals surface area contributed by atoms with E-state index in [2.05, 4.69) is 10.3 Å². The molecule has 2 amide bonds. The van der Waals surface area contributed by atoms with Crippen LogP contribution in [0.2, 0.25) is 0 Å². The number of benzene rings is 1. The van der Waals surface area contributed by atoms with E-state index in [1.807, 2.05) is 61.7 Å². The summed E-state index contributed by atoms with van der Waals surface area (Å²) in [5.41, 5.74) is 3.54. The fourth-order valence-corrected chi connectivity index (χ4v) is 5.05. The summed E-state index contributed by atoms with van der Waals surface area (Å²) in [6, 6.07) is 13.0. The van der Waals surface area contributed by atoms with E-state index in [0.717, 1.165) is 52.9 Å². The van der Waals surface area contributed by atoms with Crippen molar-refractivity contribution >= 4 is 28.8 Å². The zero-order chi connectivity index (χ0) is 22.5. The number of hydrogen-bond donors (Lipinski definition) is 1. The maximum atomic E-state index is 13.8. The van der Waals surface area contributed by atoms with Crippen LogP contribution in [-0.4, -0.2) is 22.8 Å². The summed E-state index contributed by atoms with van der Waals surface area (Å²) in [5, 5.41) is 5.20. The molecule has 1 unspecified atom stereocenters. The Hall–Kier alpha value is -2.99. The minimum Gasteiger partial charge on any atom is -0.351 e. The van der Waals surface area contributed by atoms with Crippen molar-refractivity contribution in [1.82, 2.24) is 10.3 Å². The number of pyridine rings is 1. The first kappa shape index (κ1) is 22.2. The minimum atomic E-state index is -0.758.